The van der Waals surface area contributed by atoms with E-state index in [1.54, 1.807) is 7.05 Å². The number of guanidine groups is 1. The third-order valence-corrected chi connectivity index (χ3v) is 6.07. The minimum absolute atomic E-state index is 0.0675. The van der Waals surface area contributed by atoms with E-state index < -0.39 is 9.84 Å². The molecule has 0 radical (unpaired) electrons. The molecule has 29 heavy (non-hydrogen) atoms. The molecule has 3 rings (SSSR count). The minimum Gasteiger partial charge on any atom is -0.490 e. The van der Waals surface area contributed by atoms with Crippen LogP contribution >= 0.6 is 0 Å². The Kier molecular flexibility index (Phi) is 7.35. The topological polar surface area (TPSA) is 89.0 Å². The van der Waals surface area contributed by atoms with Crippen LogP contribution in [0.15, 0.2) is 53.5 Å². The van der Waals surface area contributed by atoms with Gasteiger partial charge in [0.1, 0.15) is 0 Å². The molecule has 0 aromatic heterocycles. The minimum atomic E-state index is -3.14. The van der Waals surface area contributed by atoms with Gasteiger partial charge in [0, 0.05) is 31.8 Å². The van der Waals surface area contributed by atoms with Crippen molar-refractivity contribution < 1.29 is 17.9 Å². The number of hydrogen-bond donors (Lipinski definition) is 2. The average molecular weight is 418 g/mol. The molecule has 0 saturated heterocycles. The zero-order chi connectivity index (χ0) is 20.5. The van der Waals surface area contributed by atoms with Gasteiger partial charge in [-0.25, -0.2) is 8.42 Å². The summed E-state index contributed by atoms with van der Waals surface area (Å²) in [5.41, 5.74) is 1.63. The zero-order valence-electron chi connectivity index (χ0n) is 16.6. The van der Waals surface area contributed by atoms with Gasteiger partial charge in [0.15, 0.2) is 27.3 Å². The smallest absolute Gasteiger partial charge is 0.195 e. The summed E-state index contributed by atoms with van der Waals surface area (Å²) >= 11 is 0. The molecule has 1 aliphatic heterocycles. The van der Waals surface area contributed by atoms with Crippen molar-refractivity contribution in [1.82, 2.24) is 5.32 Å². The maximum Gasteiger partial charge on any atom is 0.195 e. The predicted molar refractivity (Wildman–Crippen MR) is 116 cm³/mol. The summed E-state index contributed by atoms with van der Waals surface area (Å²) in [4.78, 5) is 4.19. The molecule has 8 heteroatoms. The standard InChI is InChI=1S/C21H27N3O4S/c1-22-21(24-18-9-10-19-20(15-18)28-13-6-12-27-19)23-11-5-14-29(25,26)16-17-7-3-2-4-8-17/h2-4,7-10,15H,5-6,11-14,16H2,1H3,(H2,22,23,24). The van der Waals surface area contributed by atoms with Gasteiger partial charge in [-0.15, -0.1) is 0 Å². The van der Waals surface area contributed by atoms with Crippen molar-refractivity contribution in [3.8, 4) is 11.5 Å². The van der Waals surface area contributed by atoms with Gasteiger partial charge in [-0.05, 0) is 24.1 Å². The molecule has 0 amide bonds. The molecule has 2 N–H and O–H groups in total. The first-order valence-corrected chi connectivity index (χ1v) is 11.5. The van der Waals surface area contributed by atoms with E-state index in [1.807, 2.05) is 48.5 Å². The highest BCUT2D eigenvalue weighted by atomic mass is 32.2. The molecule has 1 heterocycles. The first-order valence-electron chi connectivity index (χ1n) is 9.67. The number of ether oxygens (including phenoxy) is 2. The normalized spacial score (nSPS) is 14.2. The van der Waals surface area contributed by atoms with Crippen molar-refractivity contribution in [2.24, 2.45) is 4.99 Å². The lowest BCUT2D eigenvalue weighted by molar-refractivity contribution is 0.297. The molecule has 0 bridgehead atoms. The lowest BCUT2D eigenvalue weighted by Gasteiger charge is -2.14. The maximum atomic E-state index is 12.3. The number of hydrogen-bond acceptors (Lipinski definition) is 5. The number of aliphatic imine (C=N–C) groups is 1. The Bertz CT molecular complexity index is 930. The van der Waals surface area contributed by atoms with Crippen LogP contribution in [-0.4, -0.2) is 46.9 Å². The summed E-state index contributed by atoms with van der Waals surface area (Å²) in [7, 11) is -1.47. The van der Waals surface area contributed by atoms with Crippen molar-refractivity contribution in [2.75, 3.05) is 37.9 Å². The summed E-state index contributed by atoms with van der Waals surface area (Å²) in [5, 5.41) is 6.34. The van der Waals surface area contributed by atoms with Crippen LogP contribution in [0.1, 0.15) is 18.4 Å². The molecule has 156 valence electrons. The molecule has 0 saturated carbocycles. The van der Waals surface area contributed by atoms with Gasteiger partial charge < -0.3 is 20.1 Å². The van der Waals surface area contributed by atoms with Crippen LogP contribution < -0.4 is 20.1 Å². The molecule has 0 unspecified atom stereocenters. The highest BCUT2D eigenvalue weighted by Gasteiger charge is 2.13. The molecule has 0 atom stereocenters. The van der Waals surface area contributed by atoms with Crippen molar-refractivity contribution in [3.63, 3.8) is 0 Å². The summed E-state index contributed by atoms with van der Waals surface area (Å²) < 4.78 is 35.9. The van der Waals surface area contributed by atoms with Crippen LogP contribution in [0, 0.1) is 0 Å². The maximum absolute atomic E-state index is 12.3. The third kappa shape index (κ3) is 6.67. The van der Waals surface area contributed by atoms with Crippen LogP contribution in [0.4, 0.5) is 5.69 Å². The highest BCUT2D eigenvalue weighted by molar-refractivity contribution is 7.90. The van der Waals surface area contributed by atoms with Crippen molar-refractivity contribution in [3.05, 3.63) is 54.1 Å². The summed E-state index contributed by atoms with van der Waals surface area (Å²) in [6.45, 7) is 1.77. The monoisotopic (exact) mass is 417 g/mol. The van der Waals surface area contributed by atoms with E-state index in [0.29, 0.717) is 37.9 Å². The van der Waals surface area contributed by atoms with E-state index in [0.717, 1.165) is 23.4 Å². The van der Waals surface area contributed by atoms with Gasteiger partial charge in [0.25, 0.3) is 0 Å². The Balaban J connectivity index is 1.46. The second kappa shape index (κ2) is 10.2. The molecular formula is C21H27N3O4S. The van der Waals surface area contributed by atoms with E-state index >= 15 is 0 Å². The lowest BCUT2D eigenvalue weighted by atomic mass is 10.2. The molecule has 2 aromatic rings. The fourth-order valence-corrected chi connectivity index (χ4v) is 4.38. The highest BCUT2D eigenvalue weighted by Crippen LogP contribution is 2.32. The molecule has 0 aliphatic carbocycles. The van der Waals surface area contributed by atoms with Gasteiger partial charge in [-0.1, -0.05) is 30.3 Å². The van der Waals surface area contributed by atoms with Gasteiger partial charge in [-0.2, -0.15) is 0 Å². The number of anilines is 1. The van der Waals surface area contributed by atoms with E-state index in [4.69, 9.17) is 9.47 Å². The third-order valence-electron chi connectivity index (χ3n) is 4.39. The van der Waals surface area contributed by atoms with Crippen molar-refractivity contribution in [1.29, 1.82) is 0 Å². The Labute approximate surface area is 172 Å². The SMILES string of the molecule is CN=C(NCCCS(=O)(=O)Cc1ccccc1)Nc1ccc2c(c1)OCCCO2. The Morgan fingerprint density at radius 2 is 1.83 bits per heavy atom. The molecule has 7 nitrogen and oxygen atoms in total. The Morgan fingerprint density at radius 3 is 2.59 bits per heavy atom. The summed E-state index contributed by atoms with van der Waals surface area (Å²) in [6, 6.07) is 14.9. The second-order valence-corrected chi connectivity index (χ2v) is 8.95. The van der Waals surface area contributed by atoms with E-state index in [2.05, 4.69) is 15.6 Å². The van der Waals surface area contributed by atoms with Crippen molar-refractivity contribution in [2.45, 2.75) is 18.6 Å². The number of benzene rings is 2. The average Bonchev–Trinajstić information content (AvgIpc) is 2.95. The summed E-state index contributed by atoms with van der Waals surface area (Å²) in [5.74, 6) is 2.20. The van der Waals surface area contributed by atoms with Crippen LogP contribution in [0.3, 0.4) is 0 Å². The fraction of sp³-hybridized carbons (Fsp3) is 0.381. The number of sulfone groups is 1. The number of nitrogens with zero attached hydrogens (tertiary/aromatic N) is 1. The molecule has 0 fully saturated rings. The quantitative estimate of drug-likeness (QED) is 0.409. The predicted octanol–water partition coefficient (Wildman–Crippen LogP) is 2.84. The largest absolute Gasteiger partial charge is 0.490 e. The molecule has 0 spiro atoms. The van der Waals surface area contributed by atoms with Crippen molar-refractivity contribution >= 4 is 21.5 Å². The second-order valence-electron chi connectivity index (χ2n) is 6.77. The molecule has 2 aromatic carbocycles. The van der Waals surface area contributed by atoms with Crippen LogP contribution in [-0.2, 0) is 15.6 Å². The van der Waals surface area contributed by atoms with Gasteiger partial charge in [0.2, 0.25) is 0 Å². The molecule has 1 aliphatic rings. The summed E-state index contributed by atoms with van der Waals surface area (Å²) in [6.07, 6.45) is 1.35. The van der Waals surface area contributed by atoms with E-state index in [-0.39, 0.29) is 11.5 Å². The van der Waals surface area contributed by atoms with Gasteiger partial charge in [-0.3, -0.25) is 4.99 Å². The van der Waals surface area contributed by atoms with Crippen LogP contribution in [0.5, 0.6) is 11.5 Å². The first kappa shape index (κ1) is 21.0. The van der Waals surface area contributed by atoms with Gasteiger partial charge >= 0.3 is 0 Å². The number of rotatable bonds is 7. The zero-order valence-corrected chi connectivity index (χ0v) is 17.4. The van der Waals surface area contributed by atoms with E-state index in [9.17, 15) is 8.42 Å². The molecular weight excluding hydrogens is 390 g/mol. The van der Waals surface area contributed by atoms with E-state index in [1.165, 1.54) is 0 Å². The van der Waals surface area contributed by atoms with Gasteiger partial charge in [0.05, 0.1) is 24.7 Å². The Hall–Kier alpha value is -2.74. The van der Waals surface area contributed by atoms with Crippen LogP contribution in [0.25, 0.3) is 0 Å². The lowest BCUT2D eigenvalue weighted by Crippen LogP contribution is -2.32. The number of fused-ring (bicyclic) bond motifs is 1. The first-order chi connectivity index (χ1) is 14.1. The fourth-order valence-electron chi connectivity index (χ4n) is 2.96. The number of nitrogens with one attached hydrogen (secondary N) is 2. The van der Waals surface area contributed by atoms with Crippen LogP contribution in [0.2, 0.25) is 0 Å². The Morgan fingerprint density at radius 1 is 1.07 bits per heavy atom.